The number of rotatable bonds is 6. The number of benzene rings is 2. The molecule has 0 saturated carbocycles. The summed E-state index contributed by atoms with van der Waals surface area (Å²) in [6.45, 7) is 0.203. The van der Waals surface area contributed by atoms with E-state index in [-0.39, 0.29) is 24.5 Å². The number of carbonyl (C=O) groups excluding carboxylic acids is 1. The van der Waals surface area contributed by atoms with E-state index in [9.17, 15) is 17.6 Å². The molecule has 0 radical (unpaired) electrons. The Morgan fingerprint density at radius 2 is 1.84 bits per heavy atom. The number of aromatic nitrogens is 1. The van der Waals surface area contributed by atoms with E-state index >= 15 is 0 Å². The minimum atomic E-state index is -3.99. The lowest BCUT2D eigenvalue weighted by molar-refractivity contribution is -0.144. The number of sulfonamides is 1. The zero-order valence-corrected chi connectivity index (χ0v) is 18.0. The van der Waals surface area contributed by atoms with Crippen LogP contribution in [0, 0.1) is 5.82 Å². The Morgan fingerprint density at radius 1 is 1.12 bits per heavy atom. The molecule has 0 aliphatic carbocycles. The molecule has 0 amide bonds. The van der Waals surface area contributed by atoms with Gasteiger partial charge in [-0.3, -0.25) is 14.1 Å². The topological polar surface area (TPSA) is 103 Å². The summed E-state index contributed by atoms with van der Waals surface area (Å²) in [7, 11) is -3.99. The van der Waals surface area contributed by atoms with Crippen LogP contribution >= 0.6 is 0 Å². The van der Waals surface area contributed by atoms with E-state index in [4.69, 9.17) is 10.5 Å². The number of halogens is 1. The fourth-order valence-corrected chi connectivity index (χ4v) is 5.07. The van der Waals surface area contributed by atoms with Crippen molar-refractivity contribution in [1.29, 1.82) is 0 Å². The molecule has 0 bridgehead atoms. The summed E-state index contributed by atoms with van der Waals surface area (Å²) in [6, 6.07) is 15.1. The number of carbonyl (C=O) groups is 1. The summed E-state index contributed by atoms with van der Waals surface area (Å²) in [5.74, 6) is -0.978. The van der Waals surface area contributed by atoms with Gasteiger partial charge in [-0.05, 0) is 41.5 Å². The molecule has 1 atom stereocenters. The highest BCUT2D eigenvalue weighted by Crippen LogP contribution is 2.31. The van der Waals surface area contributed by atoms with Gasteiger partial charge in [0, 0.05) is 25.2 Å². The number of ether oxygens (including phenoxy) is 1. The maximum Gasteiger partial charge on any atom is 0.310 e. The lowest BCUT2D eigenvalue weighted by atomic mass is 10.0. The monoisotopic (exact) mass is 455 g/mol. The summed E-state index contributed by atoms with van der Waals surface area (Å²) in [5.41, 5.74) is 8.36. The largest absolute Gasteiger partial charge is 0.461 e. The number of nitrogens with zero attached hydrogens (tertiary/aromatic N) is 2. The number of hydrogen-bond acceptors (Lipinski definition) is 6. The third kappa shape index (κ3) is 4.79. The van der Waals surface area contributed by atoms with Crippen molar-refractivity contribution in [2.75, 3.05) is 10.8 Å². The molecule has 1 aliphatic heterocycles. The van der Waals surface area contributed by atoms with Crippen LogP contribution in [0.25, 0.3) is 0 Å². The van der Waals surface area contributed by atoms with Crippen molar-refractivity contribution in [2.45, 2.75) is 30.4 Å². The Balaban J connectivity index is 1.56. The van der Waals surface area contributed by atoms with Crippen LogP contribution in [0.15, 0.2) is 71.8 Å². The summed E-state index contributed by atoms with van der Waals surface area (Å²) in [5, 5.41) is 0. The minimum Gasteiger partial charge on any atom is -0.461 e. The van der Waals surface area contributed by atoms with Crippen LogP contribution in [0.2, 0.25) is 0 Å². The molecule has 9 heteroatoms. The van der Waals surface area contributed by atoms with E-state index in [1.165, 1.54) is 22.6 Å². The molecule has 1 aliphatic rings. The zero-order chi connectivity index (χ0) is 22.7. The summed E-state index contributed by atoms with van der Waals surface area (Å²) < 4.78 is 46.2. The van der Waals surface area contributed by atoms with Gasteiger partial charge in [-0.2, -0.15) is 0 Å². The molecule has 3 aromatic rings. The molecule has 0 saturated heterocycles. The molecule has 7 nitrogen and oxygen atoms in total. The molecule has 1 aromatic heterocycles. The Kier molecular flexibility index (Phi) is 6.20. The second-order valence-electron chi connectivity index (χ2n) is 7.59. The fraction of sp³-hybridized carbons (Fsp3) is 0.217. The van der Waals surface area contributed by atoms with Gasteiger partial charge in [0.2, 0.25) is 0 Å². The van der Waals surface area contributed by atoms with Crippen LogP contribution < -0.4 is 10.0 Å². The Labute approximate surface area is 185 Å². The van der Waals surface area contributed by atoms with E-state index < -0.39 is 27.9 Å². The van der Waals surface area contributed by atoms with Gasteiger partial charge >= 0.3 is 5.97 Å². The first kappa shape index (κ1) is 21.9. The third-order valence-corrected chi connectivity index (χ3v) is 6.92. The molecule has 166 valence electrons. The summed E-state index contributed by atoms with van der Waals surface area (Å²) in [6.07, 6.45) is 1.89. The predicted octanol–water partition coefficient (Wildman–Crippen LogP) is 2.59. The van der Waals surface area contributed by atoms with Crippen LogP contribution in [0.5, 0.6) is 0 Å². The fourth-order valence-electron chi connectivity index (χ4n) is 3.53. The van der Waals surface area contributed by atoms with Crippen molar-refractivity contribution >= 4 is 21.7 Å². The van der Waals surface area contributed by atoms with Gasteiger partial charge in [0.1, 0.15) is 12.4 Å². The molecule has 2 heterocycles. The molecule has 2 N–H and O–H groups in total. The second kappa shape index (κ2) is 9.05. The molecule has 0 spiro atoms. The quantitative estimate of drug-likeness (QED) is 0.573. The normalized spacial score (nSPS) is 15.8. The van der Waals surface area contributed by atoms with Crippen molar-refractivity contribution < 1.29 is 22.3 Å². The first-order valence-corrected chi connectivity index (χ1v) is 11.5. The van der Waals surface area contributed by atoms with Crippen LogP contribution in [0.4, 0.5) is 10.1 Å². The average Bonchev–Trinajstić information content (AvgIpc) is 2.78. The Hall–Kier alpha value is -3.30. The number of pyridine rings is 1. The predicted molar refractivity (Wildman–Crippen MR) is 117 cm³/mol. The summed E-state index contributed by atoms with van der Waals surface area (Å²) in [4.78, 5) is 16.6. The van der Waals surface area contributed by atoms with E-state index in [2.05, 4.69) is 4.98 Å². The lowest BCUT2D eigenvalue weighted by Gasteiger charge is -2.33. The highest BCUT2D eigenvalue weighted by molar-refractivity contribution is 7.92. The molecular formula is C23H22FN3O4S. The SMILES string of the molecule is N[C@H]1Cc2ncc(CC(=O)OCc3ccccc3)cc2N(S(=O)(=O)c2ccc(F)cc2)C1. The van der Waals surface area contributed by atoms with Crippen molar-refractivity contribution in [3.05, 3.63) is 89.5 Å². The molecule has 4 rings (SSSR count). The van der Waals surface area contributed by atoms with E-state index in [0.717, 1.165) is 17.7 Å². The number of fused-ring (bicyclic) bond motifs is 1. The van der Waals surface area contributed by atoms with Crippen molar-refractivity contribution in [1.82, 2.24) is 4.98 Å². The first-order chi connectivity index (χ1) is 15.3. The van der Waals surface area contributed by atoms with Crippen LogP contribution in [-0.2, 0) is 39.0 Å². The van der Waals surface area contributed by atoms with Gasteiger partial charge < -0.3 is 10.5 Å². The van der Waals surface area contributed by atoms with Crippen molar-refractivity contribution in [3.8, 4) is 0 Å². The molecular weight excluding hydrogens is 433 g/mol. The highest BCUT2D eigenvalue weighted by Gasteiger charge is 2.33. The first-order valence-electron chi connectivity index (χ1n) is 10.0. The second-order valence-corrected chi connectivity index (χ2v) is 9.45. The molecule has 32 heavy (non-hydrogen) atoms. The maximum absolute atomic E-state index is 13.3. The molecule has 0 fully saturated rings. The summed E-state index contributed by atoms with van der Waals surface area (Å²) >= 11 is 0. The zero-order valence-electron chi connectivity index (χ0n) is 17.1. The van der Waals surface area contributed by atoms with Gasteiger partial charge in [0.05, 0.1) is 22.7 Å². The minimum absolute atomic E-state index is 0.0494. The highest BCUT2D eigenvalue weighted by atomic mass is 32.2. The van der Waals surface area contributed by atoms with Crippen molar-refractivity contribution in [3.63, 3.8) is 0 Å². The van der Waals surface area contributed by atoms with E-state index in [1.807, 2.05) is 30.3 Å². The van der Waals surface area contributed by atoms with Crippen molar-refractivity contribution in [2.24, 2.45) is 5.73 Å². The van der Waals surface area contributed by atoms with E-state index in [0.29, 0.717) is 23.4 Å². The average molecular weight is 456 g/mol. The number of esters is 1. The van der Waals surface area contributed by atoms with Crippen LogP contribution in [-0.4, -0.2) is 32.0 Å². The molecule has 0 unspecified atom stereocenters. The van der Waals surface area contributed by atoms with Gasteiger partial charge in [-0.25, -0.2) is 12.8 Å². The Morgan fingerprint density at radius 3 is 2.56 bits per heavy atom. The van der Waals surface area contributed by atoms with Gasteiger partial charge in [0.15, 0.2) is 0 Å². The molecule has 2 aromatic carbocycles. The number of anilines is 1. The Bertz CT molecular complexity index is 1220. The smallest absolute Gasteiger partial charge is 0.310 e. The van der Waals surface area contributed by atoms with Gasteiger partial charge in [-0.15, -0.1) is 0 Å². The standard InChI is InChI=1S/C23H22FN3O4S/c24-18-6-8-20(9-7-18)32(29,30)27-14-19(25)12-21-22(27)10-17(13-26-21)11-23(28)31-15-16-4-2-1-3-5-16/h1-10,13,19H,11-12,14-15,25H2/t19-/m0/s1. The third-order valence-electron chi connectivity index (χ3n) is 5.12. The van der Waals surface area contributed by atoms with Crippen LogP contribution in [0.1, 0.15) is 16.8 Å². The van der Waals surface area contributed by atoms with Crippen LogP contribution in [0.3, 0.4) is 0 Å². The van der Waals surface area contributed by atoms with E-state index in [1.54, 1.807) is 6.07 Å². The maximum atomic E-state index is 13.3. The number of nitrogens with two attached hydrogens (primary N) is 1. The van der Waals surface area contributed by atoms with Gasteiger partial charge in [0.25, 0.3) is 10.0 Å². The number of hydrogen-bond donors (Lipinski definition) is 1. The van der Waals surface area contributed by atoms with Gasteiger partial charge in [-0.1, -0.05) is 30.3 Å². The lowest BCUT2D eigenvalue weighted by Crippen LogP contribution is -2.46.